The number of aryl methyl sites for hydroxylation is 2. The second-order valence-electron chi connectivity index (χ2n) is 6.37. The van der Waals surface area contributed by atoms with E-state index in [1.54, 1.807) is 0 Å². The van der Waals surface area contributed by atoms with Gasteiger partial charge in [-0.3, -0.25) is 0 Å². The topological polar surface area (TPSA) is 30.9 Å². The van der Waals surface area contributed by atoms with Crippen LogP contribution in [-0.4, -0.2) is 11.1 Å². The van der Waals surface area contributed by atoms with Crippen LogP contribution in [0.1, 0.15) is 35.2 Å². The quantitative estimate of drug-likeness (QED) is 0.747. The molecule has 0 aliphatic heterocycles. The summed E-state index contributed by atoms with van der Waals surface area (Å²) in [6.45, 7) is 5.08. The van der Waals surface area contributed by atoms with Gasteiger partial charge in [0, 0.05) is 29.6 Å². The lowest BCUT2D eigenvalue weighted by Gasteiger charge is -2.16. The maximum absolute atomic E-state index is 6.12. The van der Waals surface area contributed by atoms with Gasteiger partial charge in [0.1, 0.15) is 0 Å². The molecule has 0 saturated carbocycles. The van der Waals surface area contributed by atoms with Crippen molar-refractivity contribution in [3.8, 4) is 0 Å². The molecular weight excluding hydrogens is 280 g/mol. The molecule has 1 unspecified atom stereocenters. The van der Waals surface area contributed by atoms with Crippen LogP contribution in [0.2, 0.25) is 0 Å². The van der Waals surface area contributed by atoms with E-state index < -0.39 is 0 Å². The molecule has 1 aromatic heterocycles. The van der Waals surface area contributed by atoms with Crippen molar-refractivity contribution in [2.45, 2.75) is 32.6 Å². The van der Waals surface area contributed by atoms with E-state index in [-0.39, 0.29) is 0 Å². The Labute approximate surface area is 138 Å². The Kier molecular flexibility index (Phi) is 4.53. The van der Waals surface area contributed by atoms with Crippen molar-refractivity contribution in [3.05, 3.63) is 70.9 Å². The number of para-hydroxylation sites is 1. The number of nitrogens with two attached hydrogens (primary N) is 1. The van der Waals surface area contributed by atoms with Gasteiger partial charge in [-0.05, 0) is 49.1 Å². The van der Waals surface area contributed by atoms with Gasteiger partial charge in [-0.15, -0.1) is 0 Å². The molecular formula is C21H26N2. The molecule has 2 N–H and O–H groups in total. The first-order chi connectivity index (χ1) is 11.2. The molecule has 0 spiro atoms. The monoisotopic (exact) mass is 306 g/mol. The van der Waals surface area contributed by atoms with Crippen LogP contribution in [0.5, 0.6) is 0 Å². The number of hydrogen-bond donors (Lipinski definition) is 1. The zero-order valence-corrected chi connectivity index (χ0v) is 14.3. The fraction of sp³-hybridized carbons (Fsp3) is 0.333. The molecule has 2 heteroatoms. The van der Waals surface area contributed by atoms with Crippen LogP contribution >= 0.6 is 0 Å². The number of rotatable bonds is 5. The van der Waals surface area contributed by atoms with Gasteiger partial charge in [-0.2, -0.15) is 0 Å². The van der Waals surface area contributed by atoms with E-state index in [0.717, 1.165) is 12.8 Å². The maximum Gasteiger partial charge on any atom is 0.0482 e. The molecule has 23 heavy (non-hydrogen) atoms. The van der Waals surface area contributed by atoms with Gasteiger partial charge < -0.3 is 10.3 Å². The molecule has 0 amide bonds. The molecule has 1 heterocycles. The molecule has 0 aliphatic carbocycles. The van der Waals surface area contributed by atoms with Gasteiger partial charge in [-0.1, -0.05) is 49.4 Å². The summed E-state index contributed by atoms with van der Waals surface area (Å²) in [7, 11) is 2.15. The van der Waals surface area contributed by atoms with Gasteiger partial charge in [0.25, 0.3) is 0 Å². The number of hydrogen-bond acceptors (Lipinski definition) is 1. The molecule has 3 rings (SSSR count). The summed E-state index contributed by atoms with van der Waals surface area (Å²) in [6, 6.07) is 17.6. The Morgan fingerprint density at radius 2 is 1.74 bits per heavy atom. The Hall–Kier alpha value is -2.06. The largest absolute Gasteiger partial charge is 0.348 e. The highest BCUT2D eigenvalue weighted by molar-refractivity contribution is 5.85. The normalized spacial score (nSPS) is 12.7. The van der Waals surface area contributed by atoms with Crippen molar-refractivity contribution in [2.75, 3.05) is 6.54 Å². The van der Waals surface area contributed by atoms with E-state index in [9.17, 15) is 0 Å². The number of nitrogens with zero attached hydrogens (tertiary/aromatic N) is 1. The van der Waals surface area contributed by atoms with Crippen LogP contribution in [0.3, 0.4) is 0 Å². The molecule has 2 aromatic carbocycles. The number of benzene rings is 2. The third-order valence-corrected chi connectivity index (χ3v) is 5.12. The fourth-order valence-electron chi connectivity index (χ4n) is 3.47. The summed E-state index contributed by atoms with van der Waals surface area (Å²) in [5.41, 5.74) is 12.9. The molecule has 0 aliphatic rings. The molecule has 0 fully saturated rings. The molecule has 2 nitrogen and oxygen atoms in total. The zero-order chi connectivity index (χ0) is 16.4. The van der Waals surface area contributed by atoms with Crippen LogP contribution in [0.4, 0.5) is 0 Å². The lowest BCUT2D eigenvalue weighted by molar-refractivity contribution is 0.690. The average Bonchev–Trinajstić information content (AvgIpc) is 2.84. The highest BCUT2D eigenvalue weighted by atomic mass is 14.9. The van der Waals surface area contributed by atoms with E-state index in [1.807, 2.05) is 0 Å². The summed E-state index contributed by atoms with van der Waals surface area (Å²) < 4.78 is 2.29. The minimum Gasteiger partial charge on any atom is -0.348 e. The van der Waals surface area contributed by atoms with Crippen LogP contribution in [0.15, 0.2) is 48.5 Å². The van der Waals surface area contributed by atoms with Crippen molar-refractivity contribution in [1.29, 1.82) is 0 Å². The van der Waals surface area contributed by atoms with Gasteiger partial charge in [-0.25, -0.2) is 0 Å². The SMILES string of the molecule is CCc1ccc(C(CN)Cc2c(C)n(C)c3ccccc23)cc1. The standard InChI is InChI=1S/C21H26N2/c1-4-16-9-11-17(12-10-16)18(14-22)13-20-15(2)23(3)21-8-6-5-7-19(20)21/h5-12,18H,4,13-14,22H2,1-3H3. The Balaban J connectivity index is 1.97. The summed E-state index contributed by atoms with van der Waals surface area (Å²) in [4.78, 5) is 0. The molecule has 0 saturated heterocycles. The lowest BCUT2D eigenvalue weighted by atomic mass is 9.90. The highest BCUT2D eigenvalue weighted by Crippen LogP contribution is 2.30. The van der Waals surface area contributed by atoms with Crippen molar-refractivity contribution in [3.63, 3.8) is 0 Å². The first-order valence-corrected chi connectivity index (χ1v) is 8.47. The predicted molar refractivity (Wildman–Crippen MR) is 99.0 cm³/mol. The third-order valence-electron chi connectivity index (χ3n) is 5.12. The Morgan fingerprint density at radius 1 is 1.04 bits per heavy atom. The second kappa shape index (κ2) is 6.59. The van der Waals surface area contributed by atoms with Crippen molar-refractivity contribution in [1.82, 2.24) is 4.57 Å². The third kappa shape index (κ3) is 2.91. The van der Waals surface area contributed by atoms with E-state index in [4.69, 9.17) is 5.73 Å². The summed E-state index contributed by atoms with van der Waals surface area (Å²) in [6.07, 6.45) is 2.07. The molecule has 3 aromatic rings. The van der Waals surface area contributed by atoms with Crippen LogP contribution in [0.25, 0.3) is 10.9 Å². The van der Waals surface area contributed by atoms with Crippen LogP contribution in [0, 0.1) is 6.92 Å². The first kappa shape index (κ1) is 15.8. The summed E-state index contributed by atoms with van der Waals surface area (Å²) in [5, 5.41) is 1.36. The van der Waals surface area contributed by atoms with E-state index in [1.165, 1.54) is 33.3 Å². The Morgan fingerprint density at radius 3 is 2.39 bits per heavy atom. The summed E-state index contributed by atoms with van der Waals surface area (Å²) >= 11 is 0. The van der Waals surface area contributed by atoms with Gasteiger partial charge >= 0.3 is 0 Å². The molecule has 0 bridgehead atoms. The predicted octanol–water partition coefficient (Wildman–Crippen LogP) is 4.33. The van der Waals surface area contributed by atoms with E-state index >= 15 is 0 Å². The minimum atomic E-state index is 0.366. The smallest absolute Gasteiger partial charge is 0.0482 e. The zero-order valence-electron chi connectivity index (χ0n) is 14.3. The van der Waals surface area contributed by atoms with Crippen molar-refractivity contribution in [2.24, 2.45) is 12.8 Å². The molecule has 1 atom stereocenters. The number of fused-ring (bicyclic) bond motifs is 1. The lowest BCUT2D eigenvalue weighted by Crippen LogP contribution is -2.15. The van der Waals surface area contributed by atoms with E-state index in [2.05, 4.69) is 74.0 Å². The van der Waals surface area contributed by atoms with Crippen molar-refractivity contribution >= 4 is 10.9 Å². The van der Waals surface area contributed by atoms with Gasteiger partial charge in [0.2, 0.25) is 0 Å². The first-order valence-electron chi connectivity index (χ1n) is 8.47. The van der Waals surface area contributed by atoms with Crippen molar-refractivity contribution < 1.29 is 0 Å². The number of aromatic nitrogens is 1. The minimum absolute atomic E-state index is 0.366. The van der Waals surface area contributed by atoms with Gasteiger partial charge in [0.05, 0.1) is 0 Å². The van der Waals surface area contributed by atoms with Crippen LogP contribution < -0.4 is 5.73 Å². The van der Waals surface area contributed by atoms with Gasteiger partial charge in [0.15, 0.2) is 0 Å². The average molecular weight is 306 g/mol. The fourth-order valence-corrected chi connectivity index (χ4v) is 3.47. The van der Waals surface area contributed by atoms with E-state index in [0.29, 0.717) is 12.5 Å². The maximum atomic E-state index is 6.12. The van der Waals surface area contributed by atoms with Crippen LogP contribution in [-0.2, 0) is 19.9 Å². The summed E-state index contributed by atoms with van der Waals surface area (Å²) in [5.74, 6) is 0.366. The Bertz CT molecular complexity index is 797. The second-order valence-corrected chi connectivity index (χ2v) is 6.37. The molecule has 120 valence electrons. The highest BCUT2D eigenvalue weighted by Gasteiger charge is 2.17. The molecule has 0 radical (unpaired) electrons.